The Morgan fingerprint density at radius 3 is 2.84 bits per heavy atom. The van der Waals surface area contributed by atoms with Gasteiger partial charge in [0.1, 0.15) is 18.2 Å². The maximum atomic E-state index is 13.2. The molecule has 130 valence electrons. The van der Waals surface area contributed by atoms with E-state index >= 15 is 0 Å². The molecule has 8 heteroatoms. The Morgan fingerprint density at radius 1 is 1.28 bits per heavy atom. The lowest BCUT2D eigenvalue weighted by atomic mass is 10.2. The average Bonchev–Trinajstić information content (AvgIpc) is 3.36. The summed E-state index contributed by atoms with van der Waals surface area (Å²) in [5, 5.41) is 6.96. The van der Waals surface area contributed by atoms with Gasteiger partial charge in [0.05, 0.1) is 25.3 Å². The van der Waals surface area contributed by atoms with Crippen molar-refractivity contribution >= 4 is 0 Å². The first-order valence-electron chi connectivity index (χ1n) is 8.00. The Labute approximate surface area is 143 Å². The zero-order valence-electron chi connectivity index (χ0n) is 13.6. The first-order valence-corrected chi connectivity index (χ1v) is 8.00. The predicted molar refractivity (Wildman–Crippen MR) is 85.9 cm³/mol. The van der Waals surface area contributed by atoms with Crippen molar-refractivity contribution in [2.24, 2.45) is 0 Å². The summed E-state index contributed by atoms with van der Waals surface area (Å²) in [4.78, 5) is 8.77. The van der Waals surface area contributed by atoms with E-state index in [1.54, 1.807) is 13.4 Å². The second-order valence-corrected chi connectivity index (χ2v) is 5.89. The van der Waals surface area contributed by atoms with Crippen LogP contribution >= 0.6 is 0 Å². The van der Waals surface area contributed by atoms with Gasteiger partial charge in [-0.3, -0.25) is 0 Å². The molecule has 0 unspecified atom stereocenters. The molecule has 7 nitrogen and oxygen atoms in total. The van der Waals surface area contributed by atoms with Crippen molar-refractivity contribution < 1.29 is 18.1 Å². The van der Waals surface area contributed by atoms with Crippen LogP contribution in [-0.4, -0.2) is 35.0 Å². The average molecular weight is 344 g/mol. The van der Waals surface area contributed by atoms with Crippen LogP contribution in [0.5, 0.6) is 5.75 Å². The molecule has 1 aliphatic rings. The Kier molecular flexibility index (Phi) is 4.19. The number of methoxy groups -OCH3 is 1. The molecule has 0 amide bonds. The van der Waals surface area contributed by atoms with Gasteiger partial charge in [0.2, 0.25) is 11.8 Å². The standard InChI is InChI=1S/C17H17FN4O3/c1-23-13-4-2-10(3-5-13)16-20-12(9-24-16)7-15-21-17(25-22-15)14-6-11(18)8-19-14/h2-5,9,11,14,19H,6-8H2,1H3/t11-,14+/m0/s1. The molecular weight excluding hydrogens is 327 g/mol. The highest BCUT2D eigenvalue weighted by Crippen LogP contribution is 2.25. The number of ether oxygens (including phenoxy) is 1. The summed E-state index contributed by atoms with van der Waals surface area (Å²) in [6, 6.07) is 7.22. The maximum absolute atomic E-state index is 13.2. The van der Waals surface area contributed by atoms with E-state index in [0.717, 1.165) is 11.3 Å². The third kappa shape index (κ3) is 3.39. The minimum Gasteiger partial charge on any atom is -0.497 e. The van der Waals surface area contributed by atoms with Gasteiger partial charge in [-0.05, 0) is 24.3 Å². The minimum atomic E-state index is -0.872. The number of alkyl halides is 1. The highest BCUT2D eigenvalue weighted by molar-refractivity contribution is 5.54. The molecule has 0 radical (unpaired) electrons. The highest BCUT2D eigenvalue weighted by atomic mass is 19.1. The molecule has 3 heterocycles. The van der Waals surface area contributed by atoms with Crippen LogP contribution in [0.15, 0.2) is 39.5 Å². The molecule has 2 aromatic heterocycles. The van der Waals surface area contributed by atoms with Crippen LogP contribution < -0.4 is 10.1 Å². The summed E-state index contributed by atoms with van der Waals surface area (Å²) in [6.45, 7) is 0.316. The maximum Gasteiger partial charge on any atom is 0.243 e. The second kappa shape index (κ2) is 6.64. The van der Waals surface area contributed by atoms with Crippen LogP contribution in [-0.2, 0) is 6.42 Å². The van der Waals surface area contributed by atoms with Crippen LogP contribution in [0.3, 0.4) is 0 Å². The van der Waals surface area contributed by atoms with Gasteiger partial charge in [0, 0.05) is 18.5 Å². The largest absolute Gasteiger partial charge is 0.497 e. The molecule has 2 atom stereocenters. The smallest absolute Gasteiger partial charge is 0.243 e. The van der Waals surface area contributed by atoms with Gasteiger partial charge in [-0.1, -0.05) is 5.16 Å². The molecule has 0 bridgehead atoms. The molecule has 1 saturated heterocycles. The number of halogens is 1. The van der Waals surface area contributed by atoms with Crippen LogP contribution in [0.2, 0.25) is 0 Å². The zero-order valence-corrected chi connectivity index (χ0v) is 13.6. The van der Waals surface area contributed by atoms with Gasteiger partial charge in [-0.15, -0.1) is 0 Å². The van der Waals surface area contributed by atoms with Crippen molar-refractivity contribution in [3.05, 3.63) is 47.9 Å². The number of hydrogen-bond acceptors (Lipinski definition) is 7. The Hall–Kier alpha value is -2.74. The van der Waals surface area contributed by atoms with E-state index in [2.05, 4.69) is 20.4 Å². The van der Waals surface area contributed by atoms with Crippen molar-refractivity contribution in [3.63, 3.8) is 0 Å². The molecule has 1 N–H and O–H groups in total. The fourth-order valence-electron chi connectivity index (χ4n) is 2.78. The van der Waals surface area contributed by atoms with Crippen molar-refractivity contribution in [3.8, 4) is 17.2 Å². The molecule has 25 heavy (non-hydrogen) atoms. The second-order valence-electron chi connectivity index (χ2n) is 5.89. The van der Waals surface area contributed by atoms with Crippen LogP contribution in [0.1, 0.15) is 29.9 Å². The van der Waals surface area contributed by atoms with Crippen molar-refractivity contribution in [2.75, 3.05) is 13.7 Å². The zero-order chi connectivity index (χ0) is 17.2. The summed E-state index contributed by atoms with van der Waals surface area (Å²) < 4.78 is 29.1. The molecule has 0 spiro atoms. The van der Waals surface area contributed by atoms with E-state index in [1.165, 1.54) is 0 Å². The normalized spacial score (nSPS) is 20.1. The highest BCUT2D eigenvalue weighted by Gasteiger charge is 2.29. The molecular formula is C17H17FN4O3. The van der Waals surface area contributed by atoms with Crippen molar-refractivity contribution in [1.82, 2.24) is 20.4 Å². The molecule has 3 aromatic rings. The van der Waals surface area contributed by atoms with Crippen molar-refractivity contribution in [2.45, 2.75) is 25.1 Å². The van der Waals surface area contributed by atoms with Crippen LogP contribution in [0, 0.1) is 0 Å². The first kappa shape index (κ1) is 15.8. The van der Waals surface area contributed by atoms with Crippen molar-refractivity contribution in [1.29, 1.82) is 0 Å². The number of rotatable bonds is 5. The number of nitrogens with zero attached hydrogens (tertiary/aromatic N) is 3. The van der Waals surface area contributed by atoms with E-state index in [-0.39, 0.29) is 6.04 Å². The van der Waals surface area contributed by atoms with E-state index in [1.807, 2.05) is 24.3 Å². The predicted octanol–water partition coefficient (Wildman–Crippen LogP) is 2.70. The van der Waals surface area contributed by atoms with Gasteiger partial charge in [-0.2, -0.15) is 4.98 Å². The van der Waals surface area contributed by atoms with Gasteiger partial charge in [0.25, 0.3) is 0 Å². The third-order valence-corrected chi connectivity index (χ3v) is 4.09. The molecule has 0 saturated carbocycles. The van der Waals surface area contributed by atoms with Crippen LogP contribution in [0.4, 0.5) is 4.39 Å². The van der Waals surface area contributed by atoms with Gasteiger partial charge in [0.15, 0.2) is 5.82 Å². The summed E-state index contributed by atoms with van der Waals surface area (Å²) >= 11 is 0. The topological polar surface area (TPSA) is 86.2 Å². The van der Waals surface area contributed by atoms with E-state index in [0.29, 0.717) is 42.7 Å². The van der Waals surface area contributed by atoms with E-state index < -0.39 is 6.17 Å². The Bertz CT molecular complexity index is 846. The minimum absolute atomic E-state index is 0.219. The van der Waals surface area contributed by atoms with Crippen LogP contribution in [0.25, 0.3) is 11.5 Å². The SMILES string of the molecule is COc1ccc(-c2nc(Cc3noc([C@H]4C[C@H](F)CN4)n3)co2)cc1. The summed E-state index contributed by atoms with van der Waals surface area (Å²) in [7, 11) is 1.62. The molecule has 1 aromatic carbocycles. The molecule has 0 aliphatic carbocycles. The number of benzene rings is 1. The Morgan fingerprint density at radius 2 is 2.12 bits per heavy atom. The number of hydrogen-bond donors (Lipinski definition) is 1. The number of aromatic nitrogens is 3. The molecule has 4 rings (SSSR count). The fraction of sp³-hybridized carbons (Fsp3) is 0.353. The van der Waals surface area contributed by atoms with Gasteiger partial charge >= 0.3 is 0 Å². The summed E-state index contributed by atoms with van der Waals surface area (Å²) in [6.07, 6.45) is 1.44. The molecule has 1 fully saturated rings. The van der Waals surface area contributed by atoms with E-state index in [4.69, 9.17) is 13.7 Å². The third-order valence-electron chi connectivity index (χ3n) is 4.09. The monoisotopic (exact) mass is 344 g/mol. The number of oxazole rings is 1. The lowest BCUT2D eigenvalue weighted by molar-refractivity contribution is 0.322. The van der Waals surface area contributed by atoms with Gasteiger partial charge in [-0.25, -0.2) is 9.37 Å². The lowest BCUT2D eigenvalue weighted by Gasteiger charge is -2.00. The first-order chi connectivity index (χ1) is 12.2. The molecule has 1 aliphatic heterocycles. The lowest BCUT2D eigenvalue weighted by Crippen LogP contribution is -2.14. The summed E-state index contributed by atoms with van der Waals surface area (Å²) in [5.74, 6) is 2.19. The fourth-order valence-corrected chi connectivity index (χ4v) is 2.78. The number of nitrogens with one attached hydrogen (secondary N) is 1. The van der Waals surface area contributed by atoms with E-state index in [9.17, 15) is 4.39 Å². The Balaban J connectivity index is 1.45. The van der Waals surface area contributed by atoms with Gasteiger partial charge < -0.3 is 19.0 Å². The quantitative estimate of drug-likeness (QED) is 0.761. The summed E-state index contributed by atoms with van der Waals surface area (Å²) in [5.41, 5.74) is 1.55.